The molecule has 0 aromatic rings. The first-order valence-electron chi connectivity index (χ1n) is 13.9. The molecule has 0 aliphatic carbocycles. The van der Waals surface area contributed by atoms with Crippen LogP contribution in [-0.2, 0) is 47.4 Å². The van der Waals surface area contributed by atoms with Crippen molar-refractivity contribution in [3.8, 4) is 0 Å². The summed E-state index contributed by atoms with van der Waals surface area (Å²) in [5.41, 5.74) is 0. The zero-order valence-electron chi connectivity index (χ0n) is 24.4. The van der Waals surface area contributed by atoms with Gasteiger partial charge >= 0.3 is 0 Å². The lowest BCUT2D eigenvalue weighted by molar-refractivity contribution is -0.117. The van der Waals surface area contributed by atoms with Gasteiger partial charge in [0.2, 0.25) is 0 Å². The summed E-state index contributed by atoms with van der Waals surface area (Å²) < 4.78 is 53.1. The van der Waals surface area contributed by atoms with Gasteiger partial charge < -0.3 is 72.7 Å². The lowest BCUT2D eigenvalue weighted by Crippen LogP contribution is -2.49. The van der Waals surface area contributed by atoms with Crippen LogP contribution in [0.15, 0.2) is 0 Å². The van der Waals surface area contributed by atoms with E-state index in [9.17, 15) is 10.2 Å². The number of hydrogen-bond acceptors (Lipinski definition) is 15. The molecule has 0 radical (unpaired) electrons. The number of thiol groups is 1. The summed E-state index contributed by atoms with van der Waals surface area (Å²) in [4.78, 5) is 1.11. The molecule has 0 amide bonds. The lowest BCUT2D eigenvalue weighted by atomic mass is 10.4. The zero-order valence-corrected chi connectivity index (χ0v) is 26.1. The molecule has 0 fully saturated rings. The van der Waals surface area contributed by atoms with Crippen LogP contribution < -0.4 is 0 Å². The minimum Gasteiger partial charge on any atom is -0.394 e. The fraction of sp³-hybridized carbons (Fsp3) is 0.960. The van der Waals surface area contributed by atoms with Gasteiger partial charge in [0, 0.05) is 0 Å². The molecule has 0 aromatic heterocycles. The number of aliphatic hydroxyl groups is 4. The van der Waals surface area contributed by atoms with Crippen molar-refractivity contribution in [2.24, 2.45) is 0 Å². The standard InChI is InChI=1S/C25H51NO14S2/c27-1-3-31-5-7-33-9-11-35-13-15-37-17-19-39-21-23(29)26(25(41)42)24(30)22-40-20-18-38-16-14-36-12-10-34-8-6-32-4-2-28/h23-24,27-30H,1-22H2,(H,41,42). The summed E-state index contributed by atoms with van der Waals surface area (Å²) in [6.45, 7) is 6.45. The van der Waals surface area contributed by atoms with Gasteiger partial charge in [-0.1, -0.05) is 12.2 Å². The number of hydrogen-bond donors (Lipinski definition) is 5. The Morgan fingerprint density at radius 2 is 0.667 bits per heavy atom. The summed E-state index contributed by atoms with van der Waals surface area (Å²) in [6, 6.07) is 0. The molecule has 2 atom stereocenters. The first-order valence-corrected chi connectivity index (χ1v) is 14.8. The van der Waals surface area contributed by atoms with Gasteiger partial charge in [0.05, 0.1) is 145 Å². The summed E-state index contributed by atoms with van der Waals surface area (Å²) >= 11 is 9.10. The minimum atomic E-state index is -1.23. The van der Waals surface area contributed by atoms with Crippen LogP contribution in [0.25, 0.3) is 0 Å². The van der Waals surface area contributed by atoms with Crippen molar-refractivity contribution in [2.45, 2.75) is 12.5 Å². The topological polar surface area (TPSA) is 176 Å². The smallest absolute Gasteiger partial charge is 0.153 e. The fourth-order valence-corrected chi connectivity index (χ4v) is 3.39. The summed E-state index contributed by atoms with van der Waals surface area (Å²) in [7, 11) is 0. The third-order valence-electron chi connectivity index (χ3n) is 4.84. The predicted octanol–water partition coefficient (Wildman–Crippen LogP) is -1.71. The molecule has 15 nitrogen and oxygen atoms in total. The molecule has 0 aliphatic heterocycles. The maximum atomic E-state index is 10.4. The predicted molar refractivity (Wildman–Crippen MR) is 158 cm³/mol. The van der Waals surface area contributed by atoms with Gasteiger partial charge in [0.1, 0.15) is 4.32 Å². The third kappa shape index (κ3) is 28.5. The van der Waals surface area contributed by atoms with Gasteiger partial charge in [-0.05, 0) is 0 Å². The first-order chi connectivity index (χ1) is 20.5. The Hall–Kier alpha value is -0.320. The van der Waals surface area contributed by atoms with Crippen LogP contribution in [0.2, 0.25) is 0 Å². The first kappa shape index (κ1) is 41.7. The number of aliphatic hydroxyl groups excluding tert-OH is 4. The second kappa shape index (κ2) is 33.6. The van der Waals surface area contributed by atoms with Crippen LogP contribution in [0.3, 0.4) is 0 Å². The van der Waals surface area contributed by atoms with Crippen LogP contribution in [0.5, 0.6) is 0 Å². The van der Waals surface area contributed by atoms with E-state index in [1.54, 1.807) is 0 Å². The number of nitrogens with zero attached hydrogens (tertiary/aromatic N) is 1. The van der Waals surface area contributed by atoms with E-state index < -0.39 is 12.5 Å². The van der Waals surface area contributed by atoms with E-state index in [-0.39, 0.29) is 44.0 Å². The van der Waals surface area contributed by atoms with Crippen molar-refractivity contribution < 1.29 is 67.8 Å². The number of rotatable bonds is 34. The third-order valence-corrected chi connectivity index (χ3v) is 5.29. The van der Waals surface area contributed by atoms with E-state index in [0.29, 0.717) is 106 Å². The van der Waals surface area contributed by atoms with Crippen molar-refractivity contribution in [1.29, 1.82) is 0 Å². The molecule has 0 heterocycles. The molecule has 42 heavy (non-hydrogen) atoms. The van der Waals surface area contributed by atoms with E-state index in [2.05, 4.69) is 12.6 Å². The van der Waals surface area contributed by atoms with Gasteiger partial charge in [0.25, 0.3) is 0 Å². The molecule has 0 bridgehead atoms. The Labute approximate surface area is 259 Å². The molecule has 4 N–H and O–H groups in total. The minimum absolute atomic E-state index is 0.00436. The van der Waals surface area contributed by atoms with Crippen LogP contribution in [0.1, 0.15) is 0 Å². The number of ether oxygens (including phenoxy) is 10. The van der Waals surface area contributed by atoms with Crippen molar-refractivity contribution in [3.63, 3.8) is 0 Å². The van der Waals surface area contributed by atoms with Gasteiger partial charge in [-0.15, -0.1) is 12.6 Å². The highest BCUT2D eigenvalue weighted by atomic mass is 32.1. The Morgan fingerprint density at radius 1 is 0.452 bits per heavy atom. The van der Waals surface area contributed by atoms with E-state index in [1.165, 1.54) is 0 Å². The van der Waals surface area contributed by atoms with Crippen molar-refractivity contribution in [3.05, 3.63) is 0 Å². The molecule has 0 aliphatic rings. The largest absolute Gasteiger partial charge is 0.394 e. The highest BCUT2D eigenvalue weighted by molar-refractivity contribution is 8.10. The van der Waals surface area contributed by atoms with E-state index in [4.69, 9.17) is 69.8 Å². The van der Waals surface area contributed by atoms with Gasteiger partial charge in [-0.3, -0.25) is 0 Å². The highest BCUT2D eigenvalue weighted by Gasteiger charge is 2.24. The van der Waals surface area contributed by atoms with Crippen molar-refractivity contribution in [1.82, 2.24) is 4.90 Å². The summed E-state index contributed by atoms with van der Waals surface area (Å²) in [5.74, 6) is 0. The van der Waals surface area contributed by atoms with Gasteiger partial charge in [-0.2, -0.15) is 0 Å². The van der Waals surface area contributed by atoms with Crippen LogP contribution in [0.4, 0.5) is 0 Å². The van der Waals surface area contributed by atoms with Crippen LogP contribution in [-0.4, -0.2) is 187 Å². The van der Waals surface area contributed by atoms with Gasteiger partial charge in [-0.25, -0.2) is 0 Å². The summed E-state index contributed by atoms with van der Waals surface area (Å²) in [5, 5.41) is 37.9. The number of thiocarbonyl (C=S) groups is 1. The Balaban J connectivity index is 3.65. The molecule has 0 rings (SSSR count). The lowest BCUT2D eigenvalue weighted by Gasteiger charge is -2.32. The Kier molecular flexibility index (Phi) is 33.3. The van der Waals surface area contributed by atoms with Crippen LogP contribution >= 0.6 is 24.8 Å². The normalized spacial score (nSPS) is 13.0. The van der Waals surface area contributed by atoms with E-state index in [0.717, 1.165) is 4.90 Å². The Bertz CT molecular complexity index is 533. The zero-order chi connectivity index (χ0) is 30.9. The molecule has 0 saturated heterocycles. The molecular weight excluding hydrogens is 602 g/mol. The average Bonchev–Trinajstić information content (AvgIpc) is 2.97. The average molecular weight is 654 g/mol. The summed E-state index contributed by atoms with van der Waals surface area (Å²) in [6.07, 6.45) is -2.45. The molecule has 0 saturated carbocycles. The Morgan fingerprint density at radius 3 is 0.881 bits per heavy atom. The maximum Gasteiger partial charge on any atom is 0.153 e. The maximum absolute atomic E-state index is 10.4. The monoisotopic (exact) mass is 653 g/mol. The highest BCUT2D eigenvalue weighted by Crippen LogP contribution is 2.08. The van der Waals surface area contributed by atoms with E-state index in [1.807, 2.05) is 0 Å². The molecule has 2 unspecified atom stereocenters. The second-order valence-corrected chi connectivity index (χ2v) is 9.26. The molecule has 17 heteroatoms. The second-order valence-electron chi connectivity index (χ2n) is 8.15. The SMILES string of the molecule is OCCOCCOCCOCCOCCOCC(O)N(C(=S)S)C(O)COCCOCCOCCOCCOCCO. The quantitative estimate of drug-likeness (QED) is 0.0229. The molecule has 0 aromatic carbocycles. The van der Waals surface area contributed by atoms with Gasteiger partial charge in [0.15, 0.2) is 12.5 Å². The van der Waals surface area contributed by atoms with E-state index >= 15 is 0 Å². The molecule has 252 valence electrons. The molecular formula is C25H51NO14S2. The van der Waals surface area contributed by atoms with Crippen LogP contribution in [0, 0.1) is 0 Å². The molecule has 0 spiro atoms. The van der Waals surface area contributed by atoms with Crippen molar-refractivity contribution in [2.75, 3.05) is 145 Å². The fourth-order valence-electron chi connectivity index (χ4n) is 2.88. The van der Waals surface area contributed by atoms with Crippen molar-refractivity contribution >= 4 is 29.2 Å².